The van der Waals surface area contributed by atoms with Crippen LogP contribution in [-0.2, 0) is 9.59 Å². The van der Waals surface area contributed by atoms with Gasteiger partial charge in [0.25, 0.3) is 0 Å². The van der Waals surface area contributed by atoms with Gasteiger partial charge in [-0.25, -0.2) is 4.79 Å². The molecule has 86 valence electrons. The van der Waals surface area contributed by atoms with E-state index in [-0.39, 0.29) is 0 Å². The van der Waals surface area contributed by atoms with Crippen LogP contribution in [0.25, 0.3) is 0 Å². The molecule has 1 atom stereocenters. The predicted molar refractivity (Wildman–Crippen MR) is 62.4 cm³/mol. The quantitative estimate of drug-likeness (QED) is 0.520. The van der Waals surface area contributed by atoms with Crippen molar-refractivity contribution in [3.63, 3.8) is 0 Å². The average Bonchev–Trinajstić information content (AvgIpc) is 2.21. The van der Waals surface area contributed by atoms with Gasteiger partial charge in [-0.3, -0.25) is 4.79 Å². The zero-order chi connectivity index (χ0) is 11.7. The molecule has 0 rings (SSSR count). The summed E-state index contributed by atoms with van der Waals surface area (Å²) in [6.45, 7) is 0. The number of hydrogen-bond acceptors (Lipinski definition) is 3. The third-order valence-corrected chi connectivity index (χ3v) is 3.29. The summed E-state index contributed by atoms with van der Waals surface area (Å²) < 4.78 is 0. The monoisotopic (exact) mass is 271 g/mol. The van der Waals surface area contributed by atoms with Gasteiger partial charge in [-0.15, -0.1) is 0 Å². The van der Waals surface area contributed by atoms with Gasteiger partial charge in [-0.1, -0.05) is 23.2 Å². The van der Waals surface area contributed by atoms with Crippen LogP contribution < -0.4 is 5.32 Å². The van der Waals surface area contributed by atoms with E-state index >= 15 is 0 Å². The molecule has 0 aromatic rings. The third-order valence-electron chi connectivity index (χ3n) is 1.48. The van der Waals surface area contributed by atoms with Gasteiger partial charge in [0.1, 0.15) is 6.04 Å². The third kappa shape index (κ3) is 7.53. The maximum absolute atomic E-state index is 10.6. The van der Waals surface area contributed by atoms with Gasteiger partial charge >= 0.3 is 5.97 Å². The Hall–Kier alpha value is -0.390. The highest BCUT2D eigenvalue weighted by molar-refractivity contribution is 7.99. The number of carbonyl (C=O) groups is 2. The van der Waals surface area contributed by atoms with E-state index in [9.17, 15) is 9.59 Å². The molecule has 2 N–H and O–H groups in total. The summed E-state index contributed by atoms with van der Waals surface area (Å²) in [7, 11) is 0. The fourth-order valence-electron chi connectivity index (χ4n) is 0.763. The first-order valence-electron chi connectivity index (χ1n) is 4.06. The second-order valence-electron chi connectivity index (χ2n) is 2.57. The number of aliphatic carboxylic acids is 1. The van der Waals surface area contributed by atoms with E-state index in [1.165, 1.54) is 17.3 Å². The minimum absolute atomic E-state index is 0.352. The Morgan fingerprint density at radius 2 is 2.27 bits per heavy atom. The summed E-state index contributed by atoms with van der Waals surface area (Å²) in [6.07, 6.45) is 0.736. The molecule has 0 aliphatic heterocycles. The topological polar surface area (TPSA) is 66.4 Å². The lowest BCUT2D eigenvalue weighted by Crippen LogP contribution is -2.36. The number of halogens is 2. The summed E-state index contributed by atoms with van der Waals surface area (Å²) in [5.74, 6) is 0.0822. The summed E-state index contributed by atoms with van der Waals surface area (Å²) in [5, 5.41) is 11.4. The number of thioether (sulfide) groups is 1. The smallest absolute Gasteiger partial charge is 0.326 e. The van der Waals surface area contributed by atoms with Gasteiger partial charge in [0.2, 0.25) is 6.41 Å². The number of amides is 1. The Morgan fingerprint density at radius 3 is 2.73 bits per heavy atom. The fraction of sp³-hybridized carbons (Fsp3) is 0.500. The largest absolute Gasteiger partial charge is 0.480 e. The van der Waals surface area contributed by atoms with Crippen LogP contribution >= 0.6 is 35.0 Å². The molecule has 0 saturated carbocycles. The molecule has 4 nitrogen and oxygen atoms in total. The molecule has 0 aromatic heterocycles. The Bertz CT molecular complexity index is 248. The maximum Gasteiger partial charge on any atom is 0.326 e. The minimum Gasteiger partial charge on any atom is -0.480 e. The van der Waals surface area contributed by atoms with Crippen LogP contribution in [0.5, 0.6) is 0 Å². The van der Waals surface area contributed by atoms with E-state index in [4.69, 9.17) is 28.3 Å². The van der Waals surface area contributed by atoms with Gasteiger partial charge < -0.3 is 10.4 Å². The van der Waals surface area contributed by atoms with E-state index in [0.29, 0.717) is 29.4 Å². The highest BCUT2D eigenvalue weighted by atomic mass is 35.5. The first-order valence-corrected chi connectivity index (χ1v) is 6.03. The van der Waals surface area contributed by atoms with Crippen molar-refractivity contribution < 1.29 is 14.7 Å². The zero-order valence-electron chi connectivity index (χ0n) is 7.78. The average molecular weight is 272 g/mol. The summed E-state index contributed by atoms with van der Waals surface area (Å²) in [5.41, 5.74) is 1.27. The summed E-state index contributed by atoms with van der Waals surface area (Å²) in [4.78, 5) is 20.7. The SMILES string of the molecule is O=CNC(CCSCC(Cl)=CCl)C(=O)O. The van der Waals surface area contributed by atoms with Crippen molar-refractivity contribution >= 4 is 47.3 Å². The van der Waals surface area contributed by atoms with Crippen molar-refractivity contribution in [1.82, 2.24) is 5.32 Å². The minimum atomic E-state index is -1.04. The normalized spacial score (nSPS) is 13.3. The van der Waals surface area contributed by atoms with Gasteiger partial charge in [-0.05, 0) is 12.2 Å². The molecule has 0 fully saturated rings. The Kier molecular flexibility index (Phi) is 8.65. The van der Waals surface area contributed by atoms with Crippen LogP contribution in [0.3, 0.4) is 0 Å². The second kappa shape index (κ2) is 8.88. The highest BCUT2D eigenvalue weighted by Crippen LogP contribution is 2.14. The van der Waals surface area contributed by atoms with Crippen LogP contribution in [0, 0.1) is 0 Å². The van der Waals surface area contributed by atoms with E-state index in [1.807, 2.05) is 0 Å². The van der Waals surface area contributed by atoms with Gasteiger partial charge in [0, 0.05) is 16.3 Å². The van der Waals surface area contributed by atoms with Crippen molar-refractivity contribution in [2.75, 3.05) is 11.5 Å². The first kappa shape index (κ1) is 14.6. The molecule has 0 aliphatic carbocycles. The maximum atomic E-state index is 10.6. The van der Waals surface area contributed by atoms with Crippen molar-refractivity contribution in [2.24, 2.45) is 0 Å². The Morgan fingerprint density at radius 1 is 1.60 bits per heavy atom. The van der Waals surface area contributed by atoms with Gasteiger partial charge in [0.05, 0.1) is 0 Å². The van der Waals surface area contributed by atoms with Crippen LogP contribution in [0.4, 0.5) is 0 Å². The molecule has 0 saturated heterocycles. The van der Waals surface area contributed by atoms with Crippen molar-refractivity contribution in [2.45, 2.75) is 12.5 Å². The molecule has 0 bridgehead atoms. The number of rotatable bonds is 8. The molecule has 0 heterocycles. The number of hydrogen-bond donors (Lipinski definition) is 2. The van der Waals surface area contributed by atoms with E-state index in [2.05, 4.69) is 5.32 Å². The molecule has 1 unspecified atom stereocenters. The van der Waals surface area contributed by atoms with Crippen molar-refractivity contribution in [1.29, 1.82) is 0 Å². The standard InChI is InChI=1S/C8H11Cl2NO3S/c9-3-6(10)4-15-2-1-7(8(13)14)11-5-12/h3,5,7H,1-2,4H2,(H,11,12)(H,13,14). The summed E-state index contributed by atoms with van der Waals surface area (Å²) >= 11 is 12.4. The van der Waals surface area contributed by atoms with Gasteiger partial charge in [-0.2, -0.15) is 11.8 Å². The summed E-state index contributed by atoms with van der Waals surface area (Å²) in [6, 6.07) is -0.839. The Labute approximate surface area is 102 Å². The van der Waals surface area contributed by atoms with Crippen LogP contribution in [-0.4, -0.2) is 35.0 Å². The fourth-order valence-corrected chi connectivity index (χ4v) is 1.99. The van der Waals surface area contributed by atoms with E-state index in [0.717, 1.165) is 0 Å². The van der Waals surface area contributed by atoms with Crippen LogP contribution in [0.1, 0.15) is 6.42 Å². The van der Waals surface area contributed by atoms with E-state index < -0.39 is 12.0 Å². The van der Waals surface area contributed by atoms with Crippen molar-refractivity contribution in [3.8, 4) is 0 Å². The van der Waals surface area contributed by atoms with Crippen LogP contribution in [0.2, 0.25) is 0 Å². The molecule has 7 heteroatoms. The number of carbonyl (C=O) groups excluding carboxylic acids is 1. The lowest BCUT2D eigenvalue weighted by atomic mass is 10.2. The lowest BCUT2D eigenvalue weighted by molar-refractivity contribution is -0.140. The first-order chi connectivity index (χ1) is 7.11. The van der Waals surface area contributed by atoms with Crippen LogP contribution in [0.15, 0.2) is 10.6 Å². The number of carboxylic acids is 1. The zero-order valence-corrected chi connectivity index (χ0v) is 10.1. The molecule has 0 aliphatic rings. The number of nitrogens with one attached hydrogen (secondary N) is 1. The predicted octanol–water partition coefficient (Wildman–Crippen LogP) is 1.63. The second-order valence-corrected chi connectivity index (χ2v) is 4.38. The molecule has 15 heavy (non-hydrogen) atoms. The lowest BCUT2D eigenvalue weighted by Gasteiger charge is -2.09. The molecule has 1 amide bonds. The molecule has 0 radical (unpaired) electrons. The molecule has 0 aromatic carbocycles. The van der Waals surface area contributed by atoms with Gasteiger partial charge in [0.15, 0.2) is 0 Å². The molecule has 0 spiro atoms. The molecular formula is C8H11Cl2NO3S. The number of carboxylic acid groups (broad SMARTS) is 1. The Balaban J connectivity index is 3.71. The highest BCUT2D eigenvalue weighted by Gasteiger charge is 2.15. The molecular weight excluding hydrogens is 261 g/mol. The van der Waals surface area contributed by atoms with E-state index in [1.54, 1.807) is 0 Å². The van der Waals surface area contributed by atoms with Crippen molar-refractivity contribution in [3.05, 3.63) is 10.6 Å².